The van der Waals surface area contributed by atoms with Gasteiger partial charge in [-0.3, -0.25) is 24.5 Å². The zero-order chi connectivity index (χ0) is 26.7. The molecule has 0 unspecified atom stereocenters. The number of nitro benzene ring substituents is 1. The van der Waals surface area contributed by atoms with E-state index in [1.807, 2.05) is 19.1 Å². The molecular formula is C26H22N4O7. The van der Waals surface area contributed by atoms with Crippen LogP contribution in [0, 0.1) is 17.0 Å². The zero-order valence-electron chi connectivity index (χ0n) is 20.1. The lowest BCUT2D eigenvalue weighted by atomic mass is 10.1. The van der Waals surface area contributed by atoms with Crippen LogP contribution in [0.3, 0.4) is 0 Å². The average Bonchev–Trinajstić information content (AvgIpc) is 3.30. The molecule has 37 heavy (non-hydrogen) atoms. The van der Waals surface area contributed by atoms with Gasteiger partial charge in [-0.2, -0.15) is 5.01 Å². The van der Waals surface area contributed by atoms with Crippen LogP contribution < -0.4 is 10.1 Å². The summed E-state index contributed by atoms with van der Waals surface area (Å²) in [7, 11) is 0. The van der Waals surface area contributed by atoms with E-state index < -0.39 is 23.0 Å². The fourth-order valence-electron chi connectivity index (χ4n) is 3.73. The molecule has 0 saturated heterocycles. The molecule has 1 aliphatic rings. The third-order valence-corrected chi connectivity index (χ3v) is 5.45. The fraction of sp³-hybridized carbons (Fsp3) is 0.154. The quantitative estimate of drug-likeness (QED) is 0.229. The highest BCUT2D eigenvalue weighted by atomic mass is 16.6. The van der Waals surface area contributed by atoms with Gasteiger partial charge in [0.15, 0.2) is 0 Å². The lowest BCUT2D eigenvalue weighted by Crippen LogP contribution is -2.26. The summed E-state index contributed by atoms with van der Waals surface area (Å²) in [5.74, 6) is -1.43. The molecule has 0 saturated carbocycles. The molecule has 0 bridgehead atoms. The van der Waals surface area contributed by atoms with Crippen LogP contribution in [0.25, 0.3) is 0 Å². The van der Waals surface area contributed by atoms with Gasteiger partial charge < -0.3 is 14.8 Å². The van der Waals surface area contributed by atoms with Gasteiger partial charge in [-0.25, -0.2) is 0 Å². The van der Waals surface area contributed by atoms with E-state index in [0.717, 1.165) is 16.6 Å². The van der Waals surface area contributed by atoms with Gasteiger partial charge in [-0.1, -0.05) is 24.3 Å². The minimum absolute atomic E-state index is 0.00922. The second-order valence-corrected chi connectivity index (χ2v) is 8.16. The van der Waals surface area contributed by atoms with Gasteiger partial charge in [0.1, 0.15) is 5.75 Å². The van der Waals surface area contributed by atoms with E-state index in [2.05, 4.69) is 10.4 Å². The maximum absolute atomic E-state index is 12.7. The first-order chi connectivity index (χ1) is 17.6. The number of nitrogens with one attached hydrogen (secondary N) is 1. The first kappa shape index (κ1) is 25.0. The molecule has 2 amide bonds. The number of nitro groups is 1. The summed E-state index contributed by atoms with van der Waals surface area (Å²) in [4.78, 5) is 47.5. The Bertz CT molecular complexity index is 1450. The second kappa shape index (κ2) is 10.3. The maximum Gasteiger partial charge on any atom is 0.308 e. The molecule has 0 aliphatic carbocycles. The van der Waals surface area contributed by atoms with Crippen LogP contribution >= 0.6 is 0 Å². The molecule has 0 fully saturated rings. The van der Waals surface area contributed by atoms with Crippen molar-refractivity contribution in [2.75, 3.05) is 5.32 Å². The van der Waals surface area contributed by atoms with Crippen molar-refractivity contribution in [3.8, 4) is 5.75 Å². The first-order valence-electron chi connectivity index (χ1n) is 11.1. The summed E-state index contributed by atoms with van der Waals surface area (Å²) in [5.41, 5.74) is 2.03. The largest absolute Gasteiger partial charge is 0.446 e. The number of rotatable bonds is 6. The number of benzene rings is 3. The monoisotopic (exact) mass is 502 g/mol. The van der Waals surface area contributed by atoms with E-state index in [0.29, 0.717) is 16.8 Å². The van der Waals surface area contributed by atoms with Crippen LogP contribution in [0.4, 0.5) is 11.4 Å². The SMILES string of the molecule is CC(=O)Oc1ccc([N+](=O)[O-])cc1[C@@H]1OC(c2cccc(NC(=O)c3ccccc3C)c2)=NN1C(C)=O. The van der Waals surface area contributed by atoms with E-state index in [-0.39, 0.29) is 28.8 Å². The lowest BCUT2D eigenvalue weighted by Gasteiger charge is -2.21. The summed E-state index contributed by atoms with van der Waals surface area (Å²) in [6.45, 7) is 4.27. The van der Waals surface area contributed by atoms with Gasteiger partial charge in [-0.05, 0) is 42.8 Å². The summed E-state index contributed by atoms with van der Waals surface area (Å²) >= 11 is 0. The van der Waals surface area contributed by atoms with Crippen LogP contribution in [0.15, 0.2) is 71.8 Å². The Morgan fingerprint density at radius 2 is 1.81 bits per heavy atom. The van der Waals surface area contributed by atoms with Crippen LogP contribution in [0.1, 0.15) is 47.1 Å². The van der Waals surface area contributed by atoms with Crippen molar-refractivity contribution in [1.29, 1.82) is 0 Å². The number of carbonyl (C=O) groups is 3. The van der Waals surface area contributed by atoms with Crippen LogP contribution in [-0.2, 0) is 14.3 Å². The topological polar surface area (TPSA) is 140 Å². The Morgan fingerprint density at radius 3 is 2.49 bits per heavy atom. The Kier molecular flexibility index (Phi) is 6.96. The van der Waals surface area contributed by atoms with Crippen molar-refractivity contribution in [1.82, 2.24) is 5.01 Å². The number of ether oxygens (including phenoxy) is 2. The number of amides is 2. The van der Waals surface area contributed by atoms with Crippen LogP contribution in [-0.4, -0.2) is 33.6 Å². The summed E-state index contributed by atoms with van der Waals surface area (Å²) in [6.07, 6.45) is -1.23. The highest BCUT2D eigenvalue weighted by molar-refractivity contribution is 6.06. The van der Waals surface area contributed by atoms with E-state index in [1.165, 1.54) is 26.0 Å². The Morgan fingerprint density at radius 1 is 1.05 bits per heavy atom. The zero-order valence-corrected chi connectivity index (χ0v) is 20.1. The van der Waals surface area contributed by atoms with Gasteiger partial charge in [0.25, 0.3) is 11.6 Å². The standard InChI is InChI=1S/C26H22N4O7/c1-15-7-4-5-10-21(15)24(33)27-19-9-6-8-18(13-19)25-28-29(16(2)31)26(37-25)22-14-20(30(34)35)11-12-23(22)36-17(3)32/h4-14,26H,1-3H3,(H,27,33)/t26-/m0/s1. The number of carbonyl (C=O) groups excluding carboxylic acids is 3. The smallest absolute Gasteiger partial charge is 0.308 e. The number of aryl methyl sites for hydroxylation is 1. The predicted octanol–water partition coefficient (Wildman–Crippen LogP) is 4.32. The minimum Gasteiger partial charge on any atom is -0.446 e. The van der Waals surface area contributed by atoms with Crippen LogP contribution in [0.5, 0.6) is 5.75 Å². The second-order valence-electron chi connectivity index (χ2n) is 8.16. The molecule has 1 N–H and O–H groups in total. The first-order valence-corrected chi connectivity index (χ1v) is 11.1. The van der Waals surface area contributed by atoms with Crippen molar-refractivity contribution >= 4 is 35.1 Å². The molecule has 1 aliphatic heterocycles. The normalized spacial score (nSPS) is 14.4. The molecule has 188 valence electrons. The molecule has 3 aromatic rings. The third kappa shape index (κ3) is 5.45. The van der Waals surface area contributed by atoms with E-state index in [4.69, 9.17) is 9.47 Å². The molecule has 3 aromatic carbocycles. The van der Waals surface area contributed by atoms with Crippen molar-refractivity contribution in [3.05, 3.63) is 99.1 Å². The number of hydrogen-bond donors (Lipinski definition) is 1. The number of hydrogen-bond acceptors (Lipinski definition) is 8. The Hall–Kier alpha value is -5.06. The molecule has 11 heteroatoms. The molecule has 0 aromatic heterocycles. The van der Waals surface area contributed by atoms with Crippen molar-refractivity contribution < 1.29 is 28.8 Å². The minimum atomic E-state index is -1.23. The molecule has 1 atom stereocenters. The van der Waals surface area contributed by atoms with Crippen molar-refractivity contribution in [3.63, 3.8) is 0 Å². The lowest BCUT2D eigenvalue weighted by molar-refractivity contribution is -0.385. The van der Waals surface area contributed by atoms with Gasteiger partial charge in [0, 0.05) is 42.8 Å². The van der Waals surface area contributed by atoms with Crippen LogP contribution in [0.2, 0.25) is 0 Å². The highest BCUT2D eigenvalue weighted by Crippen LogP contribution is 2.38. The average molecular weight is 502 g/mol. The molecule has 1 heterocycles. The number of esters is 1. The number of nitrogens with zero attached hydrogens (tertiary/aromatic N) is 3. The number of hydrazone groups is 1. The Labute approximate surface area is 211 Å². The molecular weight excluding hydrogens is 480 g/mol. The summed E-state index contributed by atoms with van der Waals surface area (Å²) in [5, 5.41) is 19.5. The molecule has 4 rings (SSSR count). The number of non-ortho nitro benzene ring substituents is 1. The Balaban J connectivity index is 1.65. The van der Waals surface area contributed by atoms with E-state index in [1.54, 1.807) is 36.4 Å². The molecule has 11 nitrogen and oxygen atoms in total. The fourth-order valence-corrected chi connectivity index (χ4v) is 3.73. The van der Waals surface area contributed by atoms with Gasteiger partial charge in [-0.15, -0.1) is 5.10 Å². The van der Waals surface area contributed by atoms with Gasteiger partial charge in [0.05, 0.1) is 10.5 Å². The van der Waals surface area contributed by atoms with Crippen molar-refractivity contribution in [2.24, 2.45) is 5.10 Å². The number of anilines is 1. The van der Waals surface area contributed by atoms with Crippen molar-refractivity contribution in [2.45, 2.75) is 27.0 Å². The summed E-state index contributed by atoms with van der Waals surface area (Å²) < 4.78 is 11.2. The molecule has 0 spiro atoms. The van der Waals surface area contributed by atoms with Gasteiger partial charge in [0.2, 0.25) is 18.0 Å². The predicted molar refractivity (Wildman–Crippen MR) is 133 cm³/mol. The maximum atomic E-state index is 12.7. The van der Waals surface area contributed by atoms with E-state index >= 15 is 0 Å². The van der Waals surface area contributed by atoms with E-state index in [9.17, 15) is 24.5 Å². The molecule has 0 radical (unpaired) electrons. The third-order valence-electron chi connectivity index (χ3n) is 5.45. The highest BCUT2D eigenvalue weighted by Gasteiger charge is 2.36. The summed E-state index contributed by atoms with van der Waals surface area (Å²) in [6, 6.07) is 17.4. The van der Waals surface area contributed by atoms with Gasteiger partial charge >= 0.3 is 5.97 Å².